The maximum absolute atomic E-state index is 12.8. The van der Waals surface area contributed by atoms with Gasteiger partial charge in [-0.15, -0.1) is 4.40 Å². The van der Waals surface area contributed by atoms with Gasteiger partial charge >= 0.3 is 5.97 Å². The smallest absolute Gasteiger partial charge is 0.316 e. The number of hydrogen-bond donors (Lipinski definition) is 0. The molecule has 0 unspecified atom stereocenters. The Balaban J connectivity index is 1.55. The summed E-state index contributed by atoms with van der Waals surface area (Å²) in [5.41, 5.74) is 2.44. The van der Waals surface area contributed by atoms with Gasteiger partial charge in [-0.1, -0.05) is 30.3 Å². The third-order valence-corrected chi connectivity index (χ3v) is 6.60. The van der Waals surface area contributed by atoms with Crippen molar-refractivity contribution in [1.82, 2.24) is 4.90 Å². The van der Waals surface area contributed by atoms with E-state index in [0.29, 0.717) is 36.7 Å². The highest BCUT2D eigenvalue weighted by Crippen LogP contribution is 2.31. The normalized spacial score (nSPS) is 20.4. The molecule has 1 atom stereocenters. The van der Waals surface area contributed by atoms with Crippen LogP contribution in [-0.4, -0.2) is 38.2 Å². The summed E-state index contributed by atoms with van der Waals surface area (Å²) in [6.07, 6.45) is 1.48. The van der Waals surface area contributed by atoms with Crippen LogP contribution in [0.4, 0.5) is 0 Å². The molecule has 0 aliphatic carbocycles. The summed E-state index contributed by atoms with van der Waals surface area (Å²) in [6.45, 7) is 4.89. The molecule has 0 saturated carbocycles. The van der Waals surface area contributed by atoms with Gasteiger partial charge in [-0.3, -0.25) is 4.79 Å². The molecule has 0 N–H and O–H groups in total. The highest BCUT2D eigenvalue weighted by atomic mass is 32.2. The predicted octanol–water partition coefficient (Wildman–Crippen LogP) is 3.07. The number of piperidine rings is 1. The van der Waals surface area contributed by atoms with Crippen molar-refractivity contribution in [3.63, 3.8) is 0 Å². The molecule has 4 rings (SSSR count). The molecular weight excluding hydrogens is 376 g/mol. The molecule has 7 heteroatoms. The fourth-order valence-corrected chi connectivity index (χ4v) is 5.05. The van der Waals surface area contributed by atoms with Gasteiger partial charge in [0.15, 0.2) is 5.84 Å². The molecule has 2 aromatic rings. The Morgan fingerprint density at radius 3 is 2.57 bits per heavy atom. The first-order valence-corrected chi connectivity index (χ1v) is 10.8. The molecule has 2 aliphatic heterocycles. The van der Waals surface area contributed by atoms with E-state index in [-0.39, 0.29) is 16.8 Å². The van der Waals surface area contributed by atoms with Gasteiger partial charge in [-0.25, -0.2) is 0 Å². The zero-order valence-corrected chi connectivity index (χ0v) is 16.7. The molecule has 28 heavy (non-hydrogen) atoms. The molecule has 2 aromatic carbocycles. The molecule has 0 bridgehead atoms. The highest BCUT2D eigenvalue weighted by molar-refractivity contribution is 7.90. The van der Waals surface area contributed by atoms with Gasteiger partial charge in [-0.05, 0) is 49.9 Å². The zero-order valence-electron chi connectivity index (χ0n) is 15.9. The SMILES string of the molecule is Cc1cccc(C)c1OC(=O)[C@@H]1CCCN(C2=NS(=O)(=O)c3ccccc32)C1. The number of nitrogens with zero attached hydrogens (tertiary/aromatic N) is 2. The van der Waals surface area contributed by atoms with Crippen LogP contribution in [0.3, 0.4) is 0 Å². The lowest BCUT2D eigenvalue weighted by atomic mass is 9.97. The van der Waals surface area contributed by atoms with E-state index in [0.717, 1.165) is 17.5 Å². The van der Waals surface area contributed by atoms with Crippen molar-refractivity contribution in [3.05, 3.63) is 59.2 Å². The second-order valence-corrected chi connectivity index (χ2v) is 8.89. The van der Waals surface area contributed by atoms with Crippen LogP contribution in [0.25, 0.3) is 0 Å². The number of fused-ring (bicyclic) bond motifs is 1. The van der Waals surface area contributed by atoms with Gasteiger partial charge < -0.3 is 9.64 Å². The van der Waals surface area contributed by atoms with Crippen molar-refractivity contribution in [3.8, 4) is 5.75 Å². The number of aryl methyl sites for hydroxylation is 2. The topological polar surface area (TPSA) is 76.0 Å². The Hall–Kier alpha value is -2.67. The maximum atomic E-state index is 12.8. The summed E-state index contributed by atoms with van der Waals surface area (Å²) in [5.74, 6) is 0.429. The van der Waals surface area contributed by atoms with E-state index in [1.54, 1.807) is 24.3 Å². The molecule has 2 heterocycles. The van der Waals surface area contributed by atoms with Crippen molar-refractivity contribution in [2.24, 2.45) is 10.3 Å². The van der Waals surface area contributed by atoms with Crippen LogP contribution in [-0.2, 0) is 14.8 Å². The molecule has 0 amide bonds. The van der Waals surface area contributed by atoms with Crippen molar-refractivity contribution >= 4 is 21.8 Å². The maximum Gasteiger partial charge on any atom is 0.316 e. The van der Waals surface area contributed by atoms with Crippen LogP contribution in [0.5, 0.6) is 5.75 Å². The summed E-state index contributed by atoms with van der Waals surface area (Å²) in [7, 11) is -3.67. The second-order valence-electron chi connectivity index (χ2n) is 7.31. The molecule has 146 valence electrons. The lowest BCUT2D eigenvalue weighted by molar-refractivity contribution is -0.140. The predicted molar refractivity (Wildman–Crippen MR) is 106 cm³/mol. The van der Waals surface area contributed by atoms with Crippen LogP contribution in [0.15, 0.2) is 51.8 Å². The Morgan fingerprint density at radius 2 is 1.82 bits per heavy atom. The van der Waals surface area contributed by atoms with E-state index in [9.17, 15) is 13.2 Å². The standard InChI is InChI=1S/C21H22N2O4S/c1-14-7-5-8-15(2)19(14)27-21(24)16-9-6-12-23(13-16)20-17-10-3-4-11-18(17)28(25,26)22-20/h3-5,7-8,10-11,16H,6,9,12-13H2,1-2H3/t16-/m1/s1. The number of amidine groups is 1. The molecule has 0 aromatic heterocycles. The van der Waals surface area contributed by atoms with Gasteiger partial charge in [0.1, 0.15) is 10.6 Å². The number of ether oxygens (including phenoxy) is 1. The summed E-state index contributed by atoms with van der Waals surface area (Å²) < 4.78 is 34.4. The molecular formula is C21H22N2O4S. The lowest BCUT2D eigenvalue weighted by Gasteiger charge is -2.33. The van der Waals surface area contributed by atoms with Gasteiger partial charge in [-0.2, -0.15) is 8.42 Å². The van der Waals surface area contributed by atoms with Crippen LogP contribution in [0.1, 0.15) is 29.5 Å². The number of esters is 1. The fourth-order valence-electron chi connectivity index (χ4n) is 3.82. The monoisotopic (exact) mass is 398 g/mol. The number of para-hydroxylation sites is 1. The van der Waals surface area contributed by atoms with Crippen molar-refractivity contribution in [1.29, 1.82) is 0 Å². The summed E-state index contributed by atoms with van der Waals surface area (Å²) in [6, 6.07) is 12.6. The first kappa shape index (κ1) is 18.7. The minimum Gasteiger partial charge on any atom is -0.426 e. The first-order valence-electron chi connectivity index (χ1n) is 9.34. The van der Waals surface area contributed by atoms with E-state index in [1.807, 2.05) is 36.9 Å². The van der Waals surface area contributed by atoms with Crippen molar-refractivity contribution in [2.75, 3.05) is 13.1 Å². The van der Waals surface area contributed by atoms with E-state index in [4.69, 9.17) is 4.74 Å². The number of hydrogen-bond acceptors (Lipinski definition) is 5. The summed E-state index contributed by atoms with van der Waals surface area (Å²) in [5, 5.41) is 0. The van der Waals surface area contributed by atoms with Crippen LogP contribution >= 0.6 is 0 Å². The number of likely N-dealkylation sites (tertiary alicyclic amines) is 1. The zero-order chi connectivity index (χ0) is 19.9. The van der Waals surface area contributed by atoms with Crippen molar-refractivity contribution < 1.29 is 17.9 Å². The number of carbonyl (C=O) groups excluding carboxylic acids is 1. The number of sulfonamides is 1. The minimum atomic E-state index is -3.67. The van der Waals surface area contributed by atoms with Gasteiger partial charge in [0.05, 0.1) is 5.92 Å². The van der Waals surface area contributed by atoms with Gasteiger partial charge in [0.25, 0.3) is 10.0 Å². The second kappa shape index (κ2) is 7.05. The number of carbonyl (C=O) groups is 1. The third kappa shape index (κ3) is 3.30. The number of rotatable bonds is 2. The third-order valence-electron chi connectivity index (χ3n) is 5.28. The lowest BCUT2D eigenvalue weighted by Crippen LogP contribution is -2.43. The Bertz CT molecular complexity index is 1060. The minimum absolute atomic E-state index is 0.227. The molecule has 2 aliphatic rings. The Kier molecular flexibility index (Phi) is 4.71. The molecule has 6 nitrogen and oxygen atoms in total. The summed E-state index contributed by atoms with van der Waals surface area (Å²) in [4.78, 5) is 14.9. The average Bonchev–Trinajstić information content (AvgIpc) is 2.96. The average molecular weight is 398 g/mol. The van der Waals surface area contributed by atoms with E-state index >= 15 is 0 Å². The molecule has 0 radical (unpaired) electrons. The largest absolute Gasteiger partial charge is 0.426 e. The summed E-state index contributed by atoms with van der Waals surface area (Å²) >= 11 is 0. The Labute approximate surface area is 164 Å². The fraction of sp³-hybridized carbons (Fsp3) is 0.333. The van der Waals surface area contributed by atoms with Gasteiger partial charge in [0.2, 0.25) is 0 Å². The molecule has 1 fully saturated rings. The highest BCUT2D eigenvalue weighted by Gasteiger charge is 2.35. The van der Waals surface area contributed by atoms with Crippen LogP contribution in [0, 0.1) is 19.8 Å². The quantitative estimate of drug-likeness (QED) is 0.574. The first-order chi connectivity index (χ1) is 13.4. The van der Waals surface area contributed by atoms with Crippen LogP contribution in [0.2, 0.25) is 0 Å². The van der Waals surface area contributed by atoms with Crippen molar-refractivity contribution in [2.45, 2.75) is 31.6 Å². The molecule has 1 saturated heterocycles. The molecule has 0 spiro atoms. The van der Waals surface area contributed by atoms with Gasteiger partial charge in [0, 0.05) is 18.7 Å². The Morgan fingerprint density at radius 1 is 1.11 bits per heavy atom. The van der Waals surface area contributed by atoms with Crippen LogP contribution < -0.4 is 4.74 Å². The van der Waals surface area contributed by atoms with E-state index in [1.165, 1.54) is 0 Å². The van der Waals surface area contributed by atoms with E-state index in [2.05, 4.69) is 4.40 Å². The van der Waals surface area contributed by atoms with E-state index < -0.39 is 10.0 Å². The number of benzene rings is 2.